The number of hydrogen-bond donors (Lipinski definition) is 1. The van der Waals surface area contributed by atoms with Gasteiger partial charge in [-0.25, -0.2) is 8.78 Å². The molecule has 0 heterocycles. The summed E-state index contributed by atoms with van der Waals surface area (Å²) in [6.45, 7) is 1.84. The average Bonchev–Trinajstić information content (AvgIpc) is 2.11. The van der Waals surface area contributed by atoms with Gasteiger partial charge in [0.25, 0.3) is 0 Å². The van der Waals surface area contributed by atoms with Gasteiger partial charge in [0.05, 0.1) is 5.69 Å². The van der Waals surface area contributed by atoms with Gasteiger partial charge in [-0.1, -0.05) is 6.92 Å². The predicted octanol–water partition coefficient (Wildman–Crippen LogP) is 3.47. The van der Waals surface area contributed by atoms with Gasteiger partial charge < -0.3 is 5.32 Å². The molecule has 82 valence electrons. The summed E-state index contributed by atoms with van der Waals surface area (Å²) in [6, 6.07) is 1.83. The van der Waals surface area contributed by atoms with Crippen LogP contribution in [-0.4, -0.2) is 5.91 Å². The van der Waals surface area contributed by atoms with Crippen LogP contribution in [0.3, 0.4) is 0 Å². The second-order valence-corrected chi connectivity index (χ2v) is 3.90. The fourth-order valence-electron chi connectivity index (χ4n) is 1.09. The molecule has 0 aliphatic rings. The van der Waals surface area contributed by atoms with Crippen molar-refractivity contribution in [2.45, 2.75) is 19.8 Å². The minimum absolute atomic E-state index is 0.0187. The lowest BCUT2D eigenvalue weighted by Gasteiger charge is -2.07. The van der Waals surface area contributed by atoms with Crippen molar-refractivity contribution < 1.29 is 13.6 Å². The molecule has 0 saturated heterocycles. The Hall–Kier alpha value is -0.970. The quantitative estimate of drug-likeness (QED) is 0.901. The molecule has 0 fully saturated rings. The van der Waals surface area contributed by atoms with Crippen LogP contribution in [0.4, 0.5) is 14.5 Å². The van der Waals surface area contributed by atoms with E-state index in [1.807, 2.05) is 6.92 Å². The molecule has 1 aromatic rings. The number of halogens is 3. The molecule has 0 saturated carbocycles. The van der Waals surface area contributed by atoms with Crippen LogP contribution < -0.4 is 5.32 Å². The van der Waals surface area contributed by atoms with Crippen LogP contribution in [0, 0.1) is 11.6 Å². The summed E-state index contributed by atoms with van der Waals surface area (Å²) in [4.78, 5) is 11.2. The highest BCUT2D eigenvalue weighted by Crippen LogP contribution is 2.26. The smallest absolute Gasteiger partial charge is 0.224 e. The number of carbonyl (C=O) groups is 1. The van der Waals surface area contributed by atoms with E-state index in [0.717, 1.165) is 12.1 Å². The van der Waals surface area contributed by atoms with Gasteiger partial charge in [-0.15, -0.1) is 0 Å². The second kappa shape index (κ2) is 5.21. The van der Waals surface area contributed by atoms with Crippen LogP contribution >= 0.6 is 15.9 Å². The maximum absolute atomic E-state index is 13.2. The first kappa shape index (κ1) is 12.1. The topological polar surface area (TPSA) is 29.1 Å². The van der Waals surface area contributed by atoms with Crippen molar-refractivity contribution in [2.75, 3.05) is 5.32 Å². The molecule has 2 nitrogen and oxygen atoms in total. The van der Waals surface area contributed by atoms with Gasteiger partial charge in [0.1, 0.15) is 5.82 Å². The number of nitrogens with one attached hydrogen (secondary N) is 1. The zero-order valence-electron chi connectivity index (χ0n) is 8.11. The number of rotatable bonds is 3. The first-order chi connectivity index (χ1) is 7.04. The van der Waals surface area contributed by atoms with Gasteiger partial charge in [-0.05, 0) is 28.4 Å². The Kier molecular flexibility index (Phi) is 4.20. The van der Waals surface area contributed by atoms with Crippen molar-refractivity contribution in [3.8, 4) is 0 Å². The summed E-state index contributed by atoms with van der Waals surface area (Å²) in [6.07, 6.45) is 0.982. The Morgan fingerprint density at radius 2 is 2.13 bits per heavy atom. The molecule has 1 N–H and O–H groups in total. The van der Waals surface area contributed by atoms with E-state index in [9.17, 15) is 13.6 Å². The Bertz CT molecular complexity index is 359. The molecule has 0 aromatic heterocycles. The fraction of sp³-hybridized carbons (Fsp3) is 0.300. The van der Waals surface area contributed by atoms with E-state index in [1.54, 1.807) is 0 Å². The van der Waals surface area contributed by atoms with Crippen molar-refractivity contribution in [3.63, 3.8) is 0 Å². The fourth-order valence-corrected chi connectivity index (χ4v) is 1.60. The number of benzene rings is 1. The lowest BCUT2D eigenvalue weighted by atomic mass is 10.2. The van der Waals surface area contributed by atoms with E-state index in [2.05, 4.69) is 21.2 Å². The number of hydrogen-bond acceptors (Lipinski definition) is 1. The molecule has 0 aliphatic carbocycles. The van der Waals surface area contributed by atoms with Crippen LogP contribution in [0.1, 0.15) is 19.8 Å². The molecule has 0 unspecified atom stereocenters. The van der Waals surface area contributed by atoms with E-state index in [-0.39, 0.29) is 16.1 Å². The van der Waals surface area contributed by atoms with Crippen LogP contribution in [0.2, 0.25) is 0 Å². The van der Waals surface area contributed by atoms with Gasteiger partial charge >= 0.3 is 0 Å². The minimum atomic E-state index is -0.786. The second-order valence-electron chi connectivity index (χ2n) is 3.04. The van der Waals surface area contributed by atoms with Gasteiger partial charge in [0.15, 0.2) is 5.82 Å². The molecule has 1 aromatic carbocycles. The molecule has 15 heavy (non-hydrogen) atoms. The predicted molar refractivity (Wildman–Crippen MR) is 57.6 cm³/mol. The van der Waals surface area contributed by atoms with E-state index in [4.69, 9.17) is 0 Å². The highest BCUT2D eigenvalue weighted by molar-refractivity contribution is 9.10. The molecule has 0 atom stereocenters. The zero-order chi connectivity index (χ0) is 11.4. The first-order valence-electron chi connectivity index (χ1n) is 4.49. The van der Waals surface area contributed by atoms with Crippen molar-refractivity contribution >= 4 is 27.5 Å². The third-order valence-corrected chi connectivity index (χ3v) is 2.37. The zero-order valence-corrected chi connectivity index (χ0v) is 9.70. The maximum atomic E-state index is 13.2. The lowest BCUT2D eigenvalue weighted by molar-refractivity contribution is -0.116. The van der Waals surface area contributed by atoms with Crippen molar-refractivity contribution in [1.29, 1.82) is 0 Å². The van der Waals surface area contributed by atoms with Crippen molar-refractivity contribution in [2.24, 2.45) is 0 Å². The van der Waals surface area contributed by atoms with Crippen LogP contribution in [0.15, 0.2) is 16.6 Å². The lowest BCUT2D eigenvalue weighted by Crippen LogP contribution is -2.12. The standard InChI is InChI=1S/C10H10BrF2NO/c1-2-3-9(15)14-10-7(11)4-6(12)5-8(10)13/h4-5H,2-3H2,1H3,(H,14,15). The Balaban J connectivity index is 2.90. The van der Waals surface area contributed by atoms with Crippen LogP contribution in [-0.2, 0) is 4.79 Å². The molecular weight excluding hydrogens is 268 g/mol. The van der Waals surface area contributed by atoms with E-state index in [1.165, 1.54) is 0 Å². The summed E-state index contributed by atoms with van der Waals surface area (Å²) in [7, 11) is 0. The summed E-state index contributed by atoms with van der Waals surface area (Å²) >= 11 is 2.98. The highest BCUT2D eigenvalue weighted by atomic mass is 79.9. The number of amides is 1. The van der Waals surface area contributed by atoms with Crippen LogP contribution in [0.25, 0.3) is 0 Å². The molecule has 0 radical (unpaired) electrons. The summed E-state index contributed by atoms with van der Waals surface area (Å²) in [5, 5.41) is 2.38. The third-order valence-electron chi connectivity index (χ3n) is 1.75. The number of carbonyl (C=O) groups excluding carboxylic acids is 1. The maximum Gasteiger partial charge on any atom is 0.224 e. The molecule has 0 spiro atoms. The third kappa shape index (κ3) is 3.27. The van der Waals surface area contributed by atoms with Crippen molar-refractivity contribution in [3.05, 3.63) is 28.2 Å². The molecule has 1 amide bonds. The van der Waals surface area contributed by atoms with Crippen molar-refractivity contribution in [1.82, 2.24) is 0 Å². The monoisotopic (exact) mass is 277 g/mol. The summed E-state index contributed by atoms with van der Waals surface area (Å²) in [5.41, 5.74) is -0.0187. The van der Waals surface area contributed by atoms with E-state index in [0.29, 0.717) is 12.8 Å². The molecule has 0 bridgehead atoms. The highest BCUT2D eigenvalue weighted by Gasteiger charge is 2.11. The minimum Gasteiger partial charge on any atom is -0.323 e. The number of anilines is 1. The van der Waals surface area contributed by atoms with Gasteiger partial charge in [-0.2, -0.15) is 0 Å². The Morgan fingerprint density at radius 3 is 2.67 bits per heavy atom. The molecular formula is C10H10BrF2NO. The first-order valence-corrected chi connectivity index (χ1v) is 5.28. The Labute approximate surface area is 94.8 Å². The van der Waals surface area contributed by atoms with Gasteiger partial charge in [0.2, 0.25) is 5.91 Å². The van der Waals surface area contributed by atoms with E-state index >= 15 is 0 Å². The normalized spacial score (nSPS) is 10.1. The summed E-state index contributed by atoms with van der Waals surface area (Å²) in [5.74, 6) is -1.76. The summed E-state index contributed by atoms with van der Waals surface area (Å²) < 4.78 is 26.1. The largest absolute Gasteiger partial charge is 0.323 e. The van der Waals surface area contributed by atoms with E-state index < -0.39 is 11.6 Å². The Morgan fingerprint density at radius 1 is 1.47 bits per heavy atom. The van der Waals surface area contributed by atoms with Gasteiger partial charge in [0, 0.05) is 17.0 Å². The molecule has 1 rings (SSSR count). The molecule has 5 heteroatoms. The molecule has 0 aliphatic heterocycles. The van der Waals surface area contributed by atoms with Crippen LogP contribution in [0.5, 0.6) is 0 Å². The average molecular weight is 278 g/mol. The van der Waals surface area contributed by atoms with Gasteiger partial charge in [-0.3, -0.25) is 4.79 Å². The SMILES string of the molecule is CCCC(=O)Nc1c(F)cc(F)cc1Br.